The van der Waals surface area contributed by atoms with Gasteiger partial charge in [-0.25, -0.2) is 26.3 Å². The maximum atomic E-state index is 15.7. The van der Waals surface area contributed by atoms with E-state index in [4.69, 9.17) is 0 Å². The monoisotopic (exact) mass is 498 g/mol. The first-order chi connectivity index (χ1) is 16.6. The maximum absolute atomic E-state index is 15.7. The molecule has 0 N–H and O–H groups in total. The first-order valence-corrected chi connectivity index (χ1v) is 12.9. The van der Waals surface area contributed by atoms with Gasteiger partial charge >= 0.3 is 0 Å². The standard InChI is InChI=1S/C29H36F6/c1-4-6-7-9-18-10-12-19(13-11-18)21-16-17-23(25(27(21)31)29(3,34)35)22-15-14-20(8-5-2)26(30)24(22)28(32)33/h14-19,28H,4-13H2,1-3H3. The Morgan fingerprint density at radius 3 is 2.09 bits per heavy atom. The smallest absolute Gasteiger partial charge is 0.206 e. The number of unbranched alkanes of at least 4 members (excludes halogenated alkanes) is 2. The molecule has 0 nitrogen and oxygen atoms in total. The summed E-state index contributed by atoms with van der Waals surface area (Å²) in [4.78, 5) is 0. The van der Waals surface area contributed by atoms with Crippen molar-refractivity contribution >= 4 is 0 Å². The van der Waals surface area contributed by atoms with Crippen LogP contribution in [0.2, 0.25) is 0 Å². The van der Waals surface area contributed by atoms with E-state index in [0.717, 1.165) is 25.7 Å². The third kappa shape index (κ3) is 6.24. The molecule has 1 aliphatic rings. The normalized spacial score (nSPS) is 18.9. The zero-order chi connectivity index (χ0) is 25.8. The highest BCUT2D eigenvalue weighted by Crippen LogP contribution is 2.46. The number of benzene rings is 2. The molecule has 0 radical (unpaired) electrons. The Balaban J connectivity index is 2.01. The Morgan fingerprint density at radius 2 is 1.51 bits per heavy atom. The van der Waals surface area contributed by atoms with Crippen LogP contribution in [0.15, 0.2) is 24.3 Å². The van der Waals surface area contributed by atoms with Gasteiger partial charge in [0.2, 0.25) is 0 Å². The van der Waals surface area contributed by atoms with Crippen molar-refractivity contribution in [3.05, 3.63) is 58.2 Å². The van der Waals surface area contributed by atoms with Gasteiger partial charge in [-0.3, -0.25) is 0 Å². The highest BCUT2D eigenvalue weighted by Gasteiger charge is 2.37. The predicted octanol–water partition coefficient (Wildman–Crippen LogP) is 10.5. The molecule has 0 aliphatic heterocycles. The van der Waals surface area contributed by atoms with E-state index < -0.39 is 35.1 Å². The van der Waals surface area contributed by atoms with Gasteiger partial charge < -0.3 is 0 Å². The first kappa shape index (κ1) is 27.6. The zero-order valence-electron chi connectivity index (χ0n) is 20.9. The summed E-state index contributed by atoms with van der Waals surface area (Å²) < 4.78 is 88.0. The fraction of sp³-hybridized carbons (Fsp3) is 0.586. The predicted molar refractivity (Wildman–Crippen MR) is 129 cm³/mol. The molecule has 6 heteroatoms. The summed E-state index contributed by atoms with van der Waals surface area (Å²) in [7, 11) is 0. The average molecular weight is 499 g/mol. The second-order valence-electron chi connectivity index (χ2n) is 10.0. The van der Waals surface area contributed by atoms with Crippen molar-refractivity contribution in [3.63, 3.8) is 0 Å². The summed E-state index contributed by atoms with van der Waals surface area (Å²) in [6, 6.07) is 5.28. The topological polar surface area (TPSA) is 0 Å². The number of rotatable bonds is 10. The second kappa shape index (κ2) is 11.8. The van der Waals surface area contributed by atoms with E-state index in [9.17, 15) is 22.0 Å². The SMILES string of the molecule is CCCCCC1CCC(c2ccc(-c3ccc(CCC)c(F)c3C(F)F)c(C(C)(F)F)c2F)CC1. The molecular formula is C29H36F6. The molecule has 1 saturated carbocycles. The molecule has 35 heavy (non-hydrogen) atoms. The number of aryl methyl sites for hydroxylation is 1. The van der Waals surface area contributed by atoms with Crippen LogP contribution >= 0.6 is 0 Å². The number of alkyl halides is 4. The summed E-state index contributed by atoms with van der Waals surface area (Å²) in [5.74, 6) is -5.39. The lowest BCUT2D eigenvalue weighted by atomic mass is 9.76. The first-order valence-electron chi connectivity index (χ1n) is 12.9. The van der Waals surface area contributed by atoms with Gasteiger partial charge in [-0.05, 0) is 66.2 Å². The fourth-order valence-corrected chi connectivity index (χ4v) is 5.55. The summed E-state index contributed by atoms with van der Waals surface area (Å²) in [5.41, 5.74) is -2.31. The molecule has 0 heterocycles. The van der Waals surface area contributed by atoms with Gasteiger partial charge in [-0.2, -0.15) is 0 Å². The van der Waals surface area contributed by atoms with Crippen molar-refractivity contribution in [1.82, 2.24) is 0 Å². The fourth-order valence-electron chi connectivity index (χ4n) is 5.55. The van der Waals surface area contributed by atoms with Crippen LogP contribution in [0.3, 0.4) is 0 Å². The Kier molecular flexibility index (Phi) is 9.34. The number of hydrogen-bond donors (Lipinski definition) is 0. The van der Waals surface area contributed by atoms with Crippen LogP contribution in [0.1, 0.15) is 113 Å². The van der Waals surface area contributed by atoms with Crippen molar-refractivity contribution < 1.29 is 26.3 Å². The van der Waals surface area contributed by atoms with Gasteiger partial charge in [0.15, 0.2) is 0 Å². The molecular weight excluding hydrogens is 462 g/mol. The molecule has 2 aromatic carbocycles. The van der Waals surface area contributed by atoms with E-state index >= 15 is 4.39 Å². The minimum absolute atomic E-state index is 0.101. The van der Waals surface area contributed by atoms with Crippen molar-refractivity contribution in [2.45, 2.75) is 103 Å². The van der Waals surface area contributed by atoms with E-state index in [2.05, 4.69) is 6.92 Å². The summed E-state index contributed by atoms with van der Waals surface area (Å²) in [5, 5.41) is 0. The molecule has 1 fully saturated rings. The average Bonchev–Trinajstić information content (AvgIpc) is 2.80. The molecule has 0 bridgehead atoms. The van der Waals surface area contributed by atoms with Gasteiger partial charge in [-0.15, -0.1) is 0 Å². The highest BCUT2D eigenvalue weighted by atomic mass is 19.3. The lowest BCUT2D eigenvalue weighted by Crippen LogP contribution is -2.18. The van der Waals surface area contributed by atoms with Crippen LogP contribution in [0.5, 0.6) is 0 Å². The van der Waals surface area contributed by atoms with Crippen LogP contribution in [0, 0.1) is 17.6 Å². The van der Waals surface area contributed by atoms with Gasteiger partial charge in [0, 0.05) is 6.92 Å². The minimum atomic E-state index is -3.62. The van der Waals surface area contributed by atoms with Crippen molar-refractivity contribution in [2.75, 3.05) is 0 Å². The Labute approximate surface area is 205 Å². The van der Waals surface area contributed by atoms with E-state index in [1.807, 2.05) is 0 Å². The van der Waals surface area contributed by atoms with E-state index in [0.29, 0.717) is 32.1 Å². The Bertz CT molecular complexity index is 984. The molecule has 0 amide bonds. The molecule has 0 unspecified atom stereocenters. The second-order valence-corrected chi connectivity index (χ2v) is 10.0. The van der Waals surface area contributed by atoms with Gasteiger partial charge in [0.05, 0.1) is 11.1 Å². The van der Waals surface area contributed by atoms with Crippen molar-refractivity contribution in [1.29, 1.82) is 0 Å². The molecule has 0 atom stereocenters. The number of halogens is 6. The lowest BCUT2D eigenvalue weighted by Gasteiger charge is -2.30. The van der Waals surface area contributed by atoms with Crippen molar-refractivity contribution in [2.24, 2.45) is 5.92 Å². The van der Waals surface area contributed by atoms with E-state index in [1.165, 1.54) is 37.1 Å². The largest absolute Gasteiger partial charge is 0.273 e. The van der Waals surface area contributed by atoms with Gasteiger partial charge in [0.1, 0.15) is 11.6 Å². The molecule has 0 aromatic heterocycles. The minimum Gasteiger partial charge on any atom is -0.206 e. The zero-order valence-corrected chi connectivity index (χ0v) is 20.9. The molecule has 194 valence electrons. The Hall–Kier alpha value is -1.98. The van der Waals surface area contributed by atoms with Gasteiger partial charge in [-0.1, -0.05) is 70.2 Å². The van der Waals surface area contributed by atoms with Crippen LogP contribution < -0.4 is 0 Å². The van der Waals surface area contributed by atoms with Crippen LogP contribution in [-0.4, -0.2) is 0 Å². The quantitative estimate of drug-likeness (QED) is 0.226. The van der Waals surface area contributed by atoms with Gasteiger partial charge in [0.25, 0.3) is 12.3 Å². The molecule has 0 spiro atoms. The highest BCUT2D eigenvalue weighted by molar-refractivity contribution is 5.73. The lowest BCUT2D eigenvalue weighted by molar-refractivity contribution is 0.0141. The third-order valence-electron chi connectivity index (χ3n) is 7.40. The molecule has 1 aliphatic carbocycles. The maximum Gasteiger partial charge on any atom is 0.273 e. The van der Waals surface area contributed by atoms with Crippen LogP contribution in [0.4, 0.5) is 26.3 Å². The van der Waals surface area contributed by atoms with E-state index in [1.54, 1.807) is 6.92 Å². The van der Waals surface area contributed by atoms with Crippen LogP contribution in [0.25, 0.3) is 11.1 Å². The van der Waals surface area contributed by atoms with E-state index in [-0.39, 0.29) is 34.6 Å². The van der Waals surface area contributed by atoms with Crippen LogP contribution in [-0.2, 0) is 12.3 Å². The molecule has 2 aromatic rings. The molecule has 3 rings (SSSR count). The summed E-state index contributed by atoms with van der Waals surface area (Å²) >= 11 is 0. The number of hydrogen-bond acceptors (Lipinski definition) is 0. The van der Waals surface area contributed by atoms with Crippen molar-refractivity contribution in [3.8, 4) is 11.1 Å². The third-order valence-corrected chi connectivity index (χ3v) is 7.40. The summed E-state index contributed by atoms with van der Waals surface area (Å²) in [6.07, 6.45) is 5.49. The Morgan fingerprint density at radius 1 is 0.857 bits per heavy atom. The molecule has 0 saturated heterocycles. The summed E-state index contributed by atoms with van der Waals surface area (Å²) in [6.45, 7) is 4.51.